The van der Waals surface area contributed by atoms with Crippen LogP contribution in [0.3, 0.4) is 0 Å². The molecule has 241 valence electrons. The molecule has 4 aromatic carbocycles. The number of furan rings is 1. The van der Waals surface area contributed by atoms with E-state index in [1.165, 1.54) is 11.1 Å². The smallest absolute Gasteiger partial charge is 0.249 e. The van der Waals surface area contributed by atoms with Crippen molar-refractivity contribution in [2.24, 2.45) is 0 Å². The summed E-state index contributed by atoms with van der Waals surface area (Å²) in [5.74, 6) is 2.89. The molecule has 4 heterocycles. The van der Waals surface area contributed by atoms with Crippen LogP contribution in [0.25, 0.3) is 33.5 Å². The summed E-state index contributed by atoms with van der Waals surface area (Å²) in [6.07, 6.45) is 3.57. The van der Waals surface area contributed by atoms with Crippen LogP contribution >= 0.6 is 0 Å². The summed E-state index contributed by atoms with van der Waals surface area (Å²) in [5, 5.41) is 0.898. The first kappa shape index (κ1) is 32.9. The van der Waals surface area contributed by atoms with Crippen molar-refractivity contribution < 1.29 is 29.3 Å². The fourth-order valence-electron chi connectivity index (χ4n) is 5.93. The molecule has 0 N–H and O–H groups in total. The van der Waals surface area contributed by atoms with E-state index >= 15 is 0 Å². The minimum atomic E-state index is 0. The molecule has 0 bridgehead atoms. The van der Waals surface area contributed by atoms with Crippen LogP contribution in [-0.2, 0) is 20.1 Å². The molecule has 0 aliphatic carbocycles. The molecule has 1 radical (unpaired) electrons. The molecule has 7 aromatic rings. The largest absolute Gasteiger partial charge is 0.449 e. The molecule has 1 aliphatic heterocycles. The van der Waals surface area contributed by atoms with Gasteiger partial charge < -0.3 is 19.1 Å². The Hall–Kier alpha value is -5.03. The van der Waals surface area contributed by atoms with Crippen LogP contribution in [0, 0.1) is 12.1 Å². The van der Waals surface area contributed by atoms with Crippen molar-refractivity contribution in [2.75, 3.05) is 4.90 Å². The van der Waals surface area contributed by atoms with Gasteiger partial charge in [-0.05, 0) is 52.5 Å². The number of para-hydroxylation sites is 3. The molecule has 0 saturated heterocycles. The van der Waals surface area contributed by atoms with Gasteiger partial charge in [-0.2, -0.15) is 0 Å². The molecule has 0 amide bonds. The normalized spacial score (nSPS) is 11.7. The third-order valence-electron chi connectivity index (χ3n) is 8.24. The third-order valence-corrected chi connectivity index (χ3v) is 8.24. The van der Waals surface area contributed by atoms with Crippen molar-refractivity contribution in [1.29, 1.82) is 0 Å². The number of nitrogens with zero attached hydrogens (tertiary/aromatic N) is 3. The maximum absolute atomic E-state index is 6.50. The van der Waals surface area contributed by atoms with E-state index in [9.17, 15) is 0 Å². The van der Waals surface area contributed by atoms with Gasteiger partial charge >= 0.3 is 0 Å². The van der Waals surface area contributed by atoms with Crippen LogP contribution in [-0.4, -0.2) is 9.97 Å². The van der Waals surface area contributed by atoms with Gasteiger partial charge in [0.25, 0.3) is 0 Å². The van der Waals surface area contributed by atoms with E-state index in [0.29, 0.717) is 29.1 Å². The predicted octanol–water partition coefficient (Wildman–Crippen LogP) is 11.7. The SMILES string of the molecule is CC(C)c1cccc(C(C)C)c1N1c2ccccc2Oc2c1oc1cnc(-c3[c-]cccc3)cc21.[Ir].[c-]1ccccc1-c1ccccn1. The van der Waals surface area contributed by atoms with Crippen molar-refractivity contribution in [1.82, 2.24) is 9.97 Å². The minimum absolute atomic E-state index is 0. The summed E-state index contributed by atoms with van der Waals surface area (Å²) >= 11 is 0. The number of benzene rings is 4. The topological polar surface area (TPSA) is 51.4 Å². The van der Waals surface area contributed by atoms with Gasteiger partial charge in [-0.1, -0.05) is 76.2 Å². The first-order valence-electron chi connectivity index (χ1n) is 16.0. The molecule has 48 heavy (non-hydrogen) atoms. The summed E-state index contributed by atoms with van der Waals surface area (Å²) in [6, 6.07) is 44.7. The molecule has 5 nitrogen and oxygen atoms in total. The number of rotatable bonds is 5. The van der Waals surface area contributed by atoms with Crippen molar-refractivity contribution in [2.45, 2.75) is 39.5 Å². The molecule has 0 atom stereocenters. The van der Waals surface area contributed by atoms with Crippen molar-refractivity contribution in [3.05, 3.63) is 151 Å². The summed E-state index contributed by atoms with van der Waals surface area (Å²) < 4.78 is 13.0. The van der Waals surface area contributed by atoms with Gasteiger partial charge in [0.1, 0.15) is 0 Å². The Balaban J connectivity index is 0.000000260. The molecule has 8 rings (SSSR count). The zero-order valence-corrected chi connectivity index (χ0v) is 29.7. The maximum atomic E-state index is 6.50. The van der Waals surface area contributed by atoms with Gasteiger partial charge in [0, 0.05) is 26.3 Å². The van der Waals surface area contributed by atoms with Crippen LogP contribution < -0.4 is 9.64 Å². The standard InChI is InChI=1S/C31H27N2O2.C11H8N.Ir/c1-19(2)22-13-10-14-23(20(3)4)29(22)33-26-15-8-9-16-27(26)34-30-24-17-25(21-11-6-5-7-12-21)32-18-28(24)35-31(30)33;1-2-6-10(7-3-1)11-8-4-5-9-12-11;/h5-11,13-20H,1-4H3;1-6,8-9H;/q2*-1;. The first-order valence-corrected chi connectivity index (χ1v) is 16.0. The van der Waals surface area contributed by atoms with E-state index in [4.69, 9.17) is 9.15 Å². The van der Waals surface area contributed by atoms with E-state index in [-0.39, 0.29) is 20.1 Å². The van der Waals surface area contributed by atoms with Gasteiger partial charge in [-0.25, -0.2) is 0 Å². The van der Waals surface area contributed by atoms with Crippen molar-refractivity contribution >= 4 is 28.2 Å². The predicted molar refractivity (Wildman–Crippen MR) is 190 cm³/mol. The molecule has 0 unspecified atom stereocenters. The van der Waals surface area contributed by atoms with E-state index < -0.39 is 0 Å². The third kappa shape index (κ3) is 6.42. The molecule has 1 aliphatic rings. The van der Waals surface area contributed by atoms with Gasteiger partial charge in [-0.15, -0.1) is 71.8 Å². The van der Waals surface area contributed by atoms with Crippen LogP contribution in [0.1, 0.15) is 50.7 Å². The van der Waals surface area contributed by atoms with Crippen LogP contribution in [0.15, 0.2) is 132 Å². The quantitative estimate of drug-likeness (QED) is 0.162. The van der Waals surface area contributed by atoms with Gasteiger partial charge in [0.05, 0.1) is 23.0 Å². The van der Waals surface area contributed by atoms with Crippen LogP contribution in [0.2, 0.25) is 0 Å². The number of fused-ring (bicyclic) bond motifs is 4. The monoisotopic (exact) mass is 806 g/mol. The van der Waals surface area contributed by atoms with Crippen molar-refractivity contribution in [3.63, 3.8) is 0 Å². The first-order chi connectivity index (χ1) is 23.0. The van der Waals surface area contributed by atoms with Gasteiger partial charge in [0.2, 0.25) is 5.88 Å². The molecule has 0 saturated carbocycles. The Morgan fingerprint density at radius 2 is 1.31 bits per heavy atom. The maximum Gasteiger partial charge on any atom is 0.249 e. The average Bonchev–Trinajstić information content (AvgIpc) is 3.49. The number of hydrogen-bond acceptors (Lipinski definition) is 5. The second kappa shape index (κ2) is 14.4. The van der Waals surface area contributed by atoms with E-state index in [1.807, 2.05) is 91.0 Å². The Bertz CT molecular complexity index is 2060. The minimum Gasteiger partial charge on any atom is -0.449 e. The van der Waals surface area contributed by atoms with Crippen molar-refractivity contribution in [3.8, 4) is 34.0 Å². The van der Waals surface area contributed by atoms with E-state index in [0.717, 1.165) is 45.0 Å². The Morgan fingerprint density at radius 3 is 1.94 bits per heavy atom. The van der Waals surface area contributed by atoms with Crippen LogP contribution in [0.5, 0.6) is 11.5 Å². The second-order valence-electron chi connectivity index (χ2n) is 12.1. The fraction of sp³-hybridized carbons (Fsp3) is 0.143. The number of pyridine rings is 2. The average molecular weight is 806 g/mol. The molecular weight excluding hydrogens is 771 g/mol. The van der Waals surface area contributed by atoms with Gasteiger partial charge in [0.15, 0.2) is 17.1 Å². The number of ether oxygens (including phenoxy) is 1. The van der Waals surface area contributed by atoms with E-state index in [1.54, 1.807) is 12.4 Å². The molecular formula is C42H35IrN3O2-2. The molecule has 0 fully saturated rings. The number of anilines is 3. The summed E-state index contributed by atoms with van der Waals surface area (Å²) in [5.41, 5.74) is 9.16. The Kier molecular flexibility index (Phi) is 9.86. The zero-order chi connectivity index (χ0) is 32.3. The Morgan fingerprint density at radius 1 is 0.667 bits per heavy atom. The number of hydrogen-bond donors (Lipinski definition) is 0. The van der Waals surface area contributed by atoms with Gasteiger partial charge in [-0.3, -0.25) is 4.90 Å². The molecule has 6 heteroatoms. The summed E-state index contributed by atoms with van der Waals surface area (Å²) in [6.45, 7) is 8.95. The second-order valence-corrected chi connectivity index (χ2v) is 12.1. The summed E-state index contributed by atoms with van der Waals surface area (Å²) in [7, 11) is 0. The zero-order valence-electron chi connectivity index (χ0n) is 27.3. The van der Waals surface area contributed by atoms with Crippen LogP contribution in [0.4, 0.5) is 17.3 Å². The summed E-state index contributed by atoms with van der Waals surface area (Å²) in [4.78, 5) is 11.1. The molecule has 0 spiro atoms. The Labute approximate surface area is 295 Å². The van der Waals surface area contributed by atoms with E-state index in [2.05, 4.69) is 79.0 Å². The molecule has 3 aromatic heterocycles. The fourth-order valence-corrected chi connectivity index (χ4v) is 5.93. The number of aromatic nitrogens is 2.